The number of hydrogen-bond donors (Lipinski definition) is 2. The van der Waals surface area contributed by atoms with Crippen LogP contribution in [0.4, 0.5) is 14.5 Å². The molecule has 2 aromatic rings. The van der Waals surface area contributed by atoms with E-state index in [2.05, 4.69) is 17.2 Å². The van der Waals surface area contributed by atoms with Crippen LogP contribution < -0.4 is 5.32 Å². The first-order valence-electron chi connectivity index (χ1n) is 9.07. The first kappa shape index (κ1) is 20.5. The predicted molar refractivity (Wildman–Crippen MR) is 102 cm³/mol. The van der Waals surface area contributed by atoms with E-state index in [0.717, 1.165) is 25.0 Å². The molecule has 0 aliphatic carbocycles. The Balaban J connectivity index is 1.90. The second-order valence-electron chi connectivity index (χ2n) is 7.24. The quantitative estimate of drug-likeness (QED) is 0.807. The van der Waals surface area contributed by atoms with Gasteiger partial charge in [0.2, 0.25) is 10.0 Å². The number of sulfonamides is 1. The lowest BCUT2D eigenvalue weighted by Crippen LogP contribution is -2.38. The van der Waals surface area contributed by atoms with Crippen molar-refractivity contribution in [2.24, 2.45) is 5.92 Å². The number of benzene rings is 1. The van der Waals surface area contributed by atoms with Crippen molar-refractivity contribution in [2.45, 2.75) is 38.5 Å². The average molecular weight is 411 g/mol. The molecule has 152 valence electrons. The van der Waals surface area contributed by atoms with Gasteiger partial charge in [0.15, 0.2) is 0 Å². The Labute approximate surface area is 163 Å². The molecular weight excluding hydrogens is 388 g/mol. The fraction of sp³-hybridized carbons (Fsp3) is 0.421. The maximum Gasteiger partial charge on any atom is 0.272 e. The molecule has 0 unspecified atom stereocenters. The van der Waals surface area contributed by atoms with Crippen molar-refractivity contribution in [3.05, 3.63) is 46.8 Å². The van der Waals surface area contributed by atoms with Crippen LogP contribution in [0.25, 0.3) is 0 Å². The van der Waals surface area contributed by atoms with Crippen molar-refractivity contribution >= 4 is 21.6 Å². The highest BCUT2D eigenvalue weighted by molar-refractivity contribution is 7.89. The number of piperidine rings is 1. The first-order chi connectivity index (χ1) is 13.1. The Bertz CT molecular complexity index is 1010. The smallest absolute Gasteiger partial charge is 0.272 e. The van der Waals surface area contributed by atoms with E-state index in [1.54, 1.807) is 13.8 Å². The van der Waals surface area contributed by atoms with Gasteiger partial charge in [-0.3, -0.25) is 4.79 Å². The minimum atomic E-state index is -3.75. The van der Waals surface area contributed by atoms with Crippen molar-refractivity contribution in [1.82, 2.24) is 9.29 Å². The molecule has 0 saturated carbocycles. The molecule has 0 spiro atoms. The van der Waals surface area contributed by atoms with E-state index in [1.807, 2.05) is 0 Å². The molecule has 1 fully saturated rings. The standard InChI is InChI=1S/C19H23F2N3O3S/c1-11-6-8-24(9-7-11)28(26,27)18-12(2)17(22-13(18)3)19(25)23-16-5-4-14(20)10-15(16)21/h4-5,10-11,22H,6-9H2,1-3H3,(H,23,25). The van der Waals surface area contributed by atoms with Crippen LogP contribution in [0.2, 0.25) is 0 Å². The molecule has 28 heavy (non-hydrogen) atoms. The summed E-state index contributed by atoms with van der Waals surface area (Å²) in [4.78, 5) is 15.5. The van der Waals surface area contributed by atoms with Crippen LogP contribution in [0.3, 0.4) is 0 Å². The number of nitrogens with one attached hydrogen (secondary N) is 2. The Morgan fingerprint density at radius 1 is 1.21 bits per heavy atom. The van der Waals surface area contributed by atoms with Gasteiger partial charge in [-0.15, -0.1) is 0 Å². The van der Waals surface area contributed by atoms with E-state index in [4.69, 9.17) is 0 Å². The fourth-order valence-corrected chi connectivity index (χ4v) is 5.35. The van der Waals surface area contributed by atoms with E-state index in [9.17, 15) is 22.0 Å². The van der Waals surface area contributed by atoms with Crippen LogP contribution >= 0.6 is 0 Å². The number of aryl methyl sites for hydroxylation is 1. The molecule has 3 rings (SSSR count). The summed E-state index contributed by atoms with van der Waals surface area (Å²) in [5.41, 5.74) is 0.467. The molecule has 1 aromatic heterocycles. The second-order valence-corrected chi connectivity index (χ2v) is 9.12. The maximum atomic E-state index is 13.8. The van der Waals surface area contributed by atoms with E-state index < -0.39 is 27.6 Å². The van der Waals surface area contributed by atoms with Gasteiger partial charge in [0, 0.05) is 24.8 Å². The number of carbonyl (C=O) groups is 1. The van der Waals surface area contributed by atoms with Crippen LogP contribution in [0.15, 0.2) is 23.1 Å². The third-order valence-corrected chi connectivity index (χ3v) is 7.29. The molecule has 1 saturated heterocycles. The molecule has 2 N–H and O–H groups in total. The number of H-pyrrole nitrogens is 1. The van der Waals surface area contributed by atoms with Gasteiger partial charge in [-0.25, -0.2) is 17.2 Å². The molecule has 0 atom stereocenters. The highest BCUT2D eigenvalue weighted by atomic mass is 32.2. The summed E-state index contributed by atoms with van der Waals surface area (Å²) in [6, 6.07) is 2.80. The molecular formula is C19H23F2N3O3S. The number of carbonyl (C=O) groups excluding carboxylic acids is 1. The number of amides is 1. The van der Waals surface area contributed by atoms with Gasteiger partial charge in [-0.1, -0.05) is 6.92 Å². The van der Waals surface area contributed by atoms with Gasteiger partial charge in [0.25, 0.3) is 5.91 Å². The van der Waals surface area contributed by atoms with Crippen LogP contribution in [-0.4, -0.2) is 36.7 Å². The number of aromatic nitrogens is 1. The summed E-state index contributed by atoms with van der Waals surface area (Å²) in [6.45, 7) is 6.10. The summed E-state index contributed by atoms with van der Waals surface area (Å²) in [5, 5.41) is 2.35. The third kappa shape index (κ3) is 3.81. The van der Waals surface area contributed by atoms with E-state index in [-0.39, 0.29) is 21.8 Å². The lowest BCUT2D eigenvalue weighted by atomic mass is 10.0. The van der Waals surface area contributed by atoms with Crippen molar-refractivity contribution in [1.29, 1.82) is 0 Å². The topological polar surface area (TPSA) is 82.3 Å². The van der Waals surface area contributed by atoms with Crippen LogP contribution in [0, 0.1) is 31.4 Å². The van der Waals surface area contributed by atoms with Gasteiger partial charge in [0.1, 0.15) is 22.2 Å². The summed E-state index contributed by atoms with van der Waals surface area (Å²) >= 11 is 0. The SMILES string of the molecule is Cc1[nH]c(C(=O)Nc2ccc(F)cc2F)c(C)c1S(=O)(=O)N1CCC(C)CC1. The zero-order valence-electron chi connectivity index (χ0n) is 16.0. The van der Waals surface area contributed by atoms with E-state index in [1.165, 1.54) is 4.31 Å². The average Bonchev–Trinajstić information content (AvgIpc) is 2.93. The number of aromatic amines is 1. The predicted octanol–water partition coefficient (Wildman–Crippen LogP) is 3.58. The molecule has 1 aliphatic heterocycles. The Hall–Kier alpha value is -2.26. The molecule has 6 nitrogen and oxygen atoms in total. The summed E-state index contributed by atoms with van der Waals surface area (Å²) in [5.74, 6) is -1.89. The highest BCUT2D eigenvalue weighted by Crippen LogP contribution is 2.30. The summed E-state index contributed by atoms with van der Waals surface area (Å²) < 4.78 is 54.5. The summed E-state index contributed by atoms with van der Waals surface area (Å²) in [7, 11) is -3.75. The maximum absolute atomic E-state index is 13.8. The van der Waals surface area contributed by atoms with E-state index in [0.29, 0.717) is 30.8 Å². The normalized spacial score (nSPS) is 16.3. The van der Waals surface area contributed by atoms with E-state index >= 15 is 0 Å². The van der Waals surface area contributed by atoms with Crippen molar-refractivity contribution in [3.63, 3.8) is 0 Å². The minimum Gasteiger partial charge on any atom is -0.353 e. The first-order valence-corrected chi connectivity index (χ1v) is 10.5. The van der Waals surface area contributed by atoms with Gasteiger partial charge < -0.3 is 10.3 Å². The van der Waals surface area contributed by atoms with Crippen LogP contribution in [0.1, 0.15) is 41.5 Å². The van der Waals surface area contributed by atoms with Gasteiger partial charge in [-0.2, -0.15) is 4.31 Å². The van der Waals surface area contributed by atoms with Gasteiger partial charge >= 0.3 is 0 Å². The number of rotatable bonds is 4. The van der Waals surface area contributed by atoms with Crippen molar-refractivity contribution in [3.8, 4) is 0 Å². The highest BCUT2D eigenvalue weighted by Gasteiger charge is 2.33. The Kier molecular flexibility index (Phi) is 5.58. The lowest BCUT2D eigenvalue weighted by molar-refractivity contribution is 0.102. The van der Waals surface area contributed by atoms with Crippen LogP contribution in [0.5, 0.6) is 0 Å². The number of halogens is 2. The molecule has 9 heteroatoms. The number of anilines is 1. The third-order valence-electron chi connectivity index (χ3n) is 5.12. The number of nitrogens with zero attached hydrogens (tertiary/aromatic N) is 1. The molecule has 1 aliphatic rings. The monoisotopic (exact) mass is 411 g/mol. The van der Waals surface area contributed by atoms with Crippen LogP contribution in [-0.2, 0) is 10.0 Å². The molecule has 2 heterocycles. The molecule has 0 bridgehead atoms. The molecule has 1 aromatic carbocycles. The zero-order valence-corrected chi connectivity index (χ0v) is 16.8. The minimum absolute atomic E-state index is 0.0326. The van der Waals surface area contributed by atoms with Gasteiger partial charge in [0.05, 0.1) is 5.69 Å². The largest absolute Gasteiger partial charge is 0.353 e. The summed E-state index contributed by atoms with van der Waals surface area (Å²) in [6.07, 6.45) is 1.58. The number of hydrogen-bond acceptors (Lipinski definition) is 3. The fourth-order valence-electron chi connectivity index (χ4n) is 3.48. The Morgan fingerprint density at radius 2 is 1.86 bits per heavy atom. The van der Waals surface area contributed by atoms with Crippen molar-refractivity contribution in [2.75, 3.05) is 18.4 Å². The van der Waals surface area contributed by atoms with Crippen molar-refractivity contribution < 1.29 is 22.0 Å². The second kappa shape index (κ2) is 7.63. The molecule has 1 amide bonds. The van der Waals surface area contributed by atoms with Gasteiger partial charge in [-0.05, 0) is 50.3 Å². The molecule has 0 radical (unpaired) electrons. The Morgan fingerprint density at radius 3 is 2.46 bits per heavy atom. The lowest BCUT2D eigenvalue weighted by Gasteiger charge is -2.29. The zero-order chi connectivity index (χ0) is 20.6.